The van der Waals surface area contributed by atoms with Crippen molar-refractivity contribution < 1.29 is 15.3 Å². The molecule has 0 bridgehead atoms. The zero-order valence-corrected chi connectivity index (χ0v) is 15.4. The molecule has 2 rings (SSSR count). The van der Waals surface area contributed by atoms with Crippen molar-refractivity contribution in [1.29, 1.82) is 0 Å². The largest absolute Gasteiger partial charge is 0.508 e. The summed E-state index contributed by atoms with van der Waals surface area (Å²) in [5.41, 5.74) is 7.20. The first-order valence-corrected chi connectivity index (χ1v) is 7.94. The Morgan fingerprint density at radius 2 is 1.00 bits per heavy atom. The first-order chi connectivity index (χ1) is 10.8. The molecule has 24 heavy (non-hydrogen) atoms. The highest BCUT2D eigenvalue weighted by atomic mass is 16.3. The minimum Gasteiger partial charge on any atom is -0.508 e. The van der Waals surface area contributed by atoms with Gasteiger partial charge < -0.3 is 21.1 Å². The fraction of sp³-hybridized carbons (Fsp3) is 0.400. The molecular weight excluding hydrogens is 302 g/mol. The van der Waals surface area contributed by atoms with Crippen molar-refractivity contribution >= 4 is 5.69 Å². The van der Waals surface area contributed by atoms with Crippen molar-refractivity contribution in [1.82, 2.24) is 0 Å². The average Bonchev–Trinajstić information content (AvgIpc) is 2.42. The third-order valence-electron chi connectivity index (χ3n) is 3.62. The van der Waals surface area contributed by atoms with Crippen molar-refractivity contribution in [3.8, 4) is 17.2 Å². The van der Waals surface area contributed by atoms with Crippen molar-refractivity contribution in [3.63, 3.8) is 0 Å². The number of phenolic OH excluding ortho intramolecular Hbond substituents is 3. The van der Waals surface area contributed by atoms with E-state index in [1.54, 1.807) is 36.4 Å². The molecule has 0 saturated carbocycles. The van der Waals surface area contributed by atoms with Gasteiger partial charge in [0.05, 0.1) is 0 Å². The van der Waals surface area contributed by atoms with Gasteiger partial charge in [0.25, 0.3) is 0 Å². The zero-order chi connectivity index (χ0) is 18.7. The Morgan fingerprint density at radius 3 is 1.25 bits per heavy atom. The Kier molecular flexibility index (Phi) is 5.77. The maximum absolute atomic E-state index is 10.0. The number of anilines is 1. The van der Waals surface area contributed by atoms with E-state index in [0.717, 1.165) is 11.1 Å². The van der Waals surface area contributed by atoms with Crippen LogP contribution in [0.25, 0.3) is 0 Å². The van der Waals surface area contributed by atoms with Crippen LogP contribution in [0.3, 0.4) is 0 Å². The molecule has 0 unspecified atom stereocenters. The van der Waals surface area contributed by atoms with Gasteiger partial charge in [-0.2, -0.15) is 0 Å². The summed E-state index contributed by atoms with van der Waals surface area (Å²) in [7, 11) is 0. The predicted molar refractivity (Wildman–Crippen MR) is 99.7 cm³/mol. The minimum atomic E-state index is -0.169. The molecule has 0 heterocycles. The van der Waals surface area contributed by atoms with Crippen LogP contribution in [0.5, 0.6) is 17.2 Å². The van der Waals surface area contributed by atoms with E-state index in [1.165, 1.54) is 0 Å². The number of phenols is 3. The van der Waals surface area contributed by atoms with Gasteiger partial charge >= 0.3 is 0 Å². The highest BCUT2D eigenvalue weighted by Crippen LogP contribution is 2.39. The first-order valence-electron chi connectivity index (χ1n) is 7.94. The summed E-state index contributed by atoms with van der Waals surface area (Å²) >= 11 is 0. The monoisotopic (exact) mass is 331 g/mol. The molecule has 132 valence electrons. The minimum absolute atomic E-state index is 0.169. The Bertz CT molecular complexity index is 617. The van der Waals surface area contributed by atoms with Crippen LogP contribution in [0.4, 0.5) is 5.69 Å². The number of hydrogen-bond donors (Lipinski definition) is 4. The number of aromatic hydroxyl groups is 3. The van der Waals surface area contributed by atoms with Crippen molar-refractivity contribution in [3.05, 3.63) is 47.5 Å². The van der Waals surface area contributed by atoms with E-state index in [9.17, 15) is 10.2 Å². The second-order valence-corrected chi connectivity index (χ2v) is 7.98. The molecule has 2 aromatic carbocycles. The summed E-state index contributed by atoms with van der Waals surface area (Å²) in [6.07, 6.45) is 0. The summed E-state index contributed by atoms with van der Waals surface area (Å²) < 4.78 is 0. The third kappa shape index (κ3) is 5.37. The molecule has 0 aliphatic carbocycles. The van der Waals surface area contributed by atoms with Crippen molar-refractivity contribution in [2.24, 2.45) is 0 Å². The molecular formula is C20H29NO3. The number of nitrogen functional groups attached to an aromatic ring is 1. The van der Waals surface area contributed by atoms with E-state index in [2.05, 4.69) is 0 Å². The Balaban J connectivity index is 0.000000300. The second kappa shape index (κ2) is 7.04. The van der Waals surface area contributed by atoms with Crippen LogP contribution < -0.4 is 5.73 Å². The molecule has 2 aromatic rings. The SMILES string of the molecule is CC(C)(C)c1cc(O)c(C(C)(C)C)cc1O.Nc1ccc(O)cc1. The molecule has 0 amide bonds. The van der Waals surface area contributed by atoms with Gasteiger partial charge in [0, 0.05) is 16.8 Å². The van der Waals surface area contributed by atoms with Gasteiger partial charge in [-0.1, -0.05) is 41.5 Å². The molecule has 0 aromatic heterocycles. The van der Waals surface area contributed by atoms with Crippen molar-refractivity contribution in [2.45, 2.75) is 52.4 Å². The number of benzene rings is 2. The summed E-state index contributed by atoms with van der Waals surface area (Å²) in [6.45, 7) is 12.1. The fourth-order valence-corrected chi connectivity index (χ4v) is 2.25. The molecule has 0 atom stereocenters. The summed E-state index contributed by atoms with van der Waals surface area (Å²) in [5.74, 6) is 0.768. The predicted octanol–water partition coefficient (Wildman–Crippen LogP) is 4.67. The highest BCUT2D eigenvalue weighted by Gasteiger charge is 2.24. The fourth-order valence-electron chi connectivity index (χ4n) is 2.25. The summed E-state index contributed by atoms with van der Waals surface area (Å²) in [4.78, 5) is 0. The van der Waals surface area contributed by atoms with Gasteiger partial charge in [0.1, 0.15) is 17.2 Å². The van der Waals surface area contributed by atoms with Crippen molar-refractivity contribution in [2.75, 3.05) is 5.73 Å². The average molecular weight is 331 g/mol. The molecule has 0 fully saturated rings. The Hall–Kier alpha value is -2.36. The molecule has 4 nitrogen and oxygen atoms in total. The molecule has 0 aliphatic rings. The topological polar surface area (TPSA) is 86.7 Å². The standard InChI is InChI=1S/C14H22O2.C6H7NO/c1-13(2,3)9-7-12(16)10(8-11(9)15)14(4,5)6;7-5-1-3-6(8)4-2-5/h7-8,15-16H,1-6H3;1-4,8H,7H2. The lowest BCUT2D eigenvalue weighted by Gasteiger charge is -2.25. The number of nitrogens with two attached hydrogens (primary N) is 1. The van der Waals surface area contributed by atoms with Gasteiger partial charge in [-0.25, -0.2) is 0 Å². The van der Waals surface area contributed by atoms with Gasteiger partial charge in [-0.3, -0.25) is 0 Å². The lowest BCUT2D eigenvalue weighted by molar-refractivity contribution is 0.419. The maximum Gasteiger partial charge on any atom is 0.119 e. The van der Waals surface area contributed by atoms with E-state index < -0.39 is 0 Å². The van der Waals surface area contributed by atoms with Crippen LogP contribution in [0.1, 0.15) is 52.7 Å². The van der Waals surface area contributed by atoms with E-state index in [-0.39, 0.29) is 28.1 Å². The quantitative estimate of drug-likeness (QED) is 0.417. The molecule has 0 saturated heterocycles. The summed E-state index contributed by atoms with van der Waals surface area (Å²) in [6, 6.07) is 9.75. The smallest absolute Gasteiger partial charge is 0.119 e. The lowest BCUT2D eigenvalue weighted by Crippen LogP contribution is -2.15. The molecule has 4 heteroatoms. The van der Waals surface area contributed by atoms with E-state index in [1.807, 2.05) is 41.5 Å². The summed E-state index contributed by atoms with van der Waals surface area (Å²) in [5, 5.41) is 28.7. The molecule has 0 spiro atoms. The molecule has 5 N–H and O–H groups in total. The lowest BCUT2D eigenvalue weighted by atomic mass is 9.81. The van der Waals surface area contributed by atoms with Gasteiger partial charge in [-0.15, -0.1) is 0 Å². The number of hydrogen-bond acceptors (Lipinski definition) is 4. The van der Waals surface area contributed by atoms with Gasteiger partial charge in [-0.05, 0) is 47.2 Å². The highest BCUT2D eigenvalue weighted by molar-refractivity contribution is 5.50. The Labute approximate surface area is 144 Å². The van der Waals surface area contributed by atoms with Gasteiger partial charge in [0.2, 0.25) is 0 Å². The maximum atomic E-state index is 10.0. The third-order valence-corrected chi connectivity index (χ3v) is 3.62. The van der Waals surface area contributed by atoms with Crippen LogP contribution in [-0.4, -0.2) is 15.3 Å². The van der Waals surface area contributed by atoms with Crippen LogP contribution in [0.2, 0.25) is 0 Å². The molecule has 0 radical (unpaired) electrons. The van der Waals surface area contributed by atoms with Crippen LogP contribution in [-0.2, 0) is 10.8 Å². The van der Waals surface area contributed by atoms with E-state index >= 15 is 0 Å². The van der Waals surface area contributed by atoms with Gasteiger partial charge in [0.15, 0.2) is 0 Å². The van der Waals surface area contributed by atoms with Crippen LogP contribution >= 0.6 is 0 Å². The molecule has 0 aliphatic heterocycles. The zero-order valence-electron chi connectivity index (χ0n) is 15.4. The number of rotatable bonds is 0. The normalized spacial score (nSPS) is 11.6. The van der Waals surface area contributed by atoms with E-state index in [4.69, 9.17) is 10.8 Å². The second-order valence-electron chi connectivity index (χ2n) is 7.98. The first kappa shape index (κ1) is 19.7. The van der Waals surface area contributed by atoms with Crippen LogP contribution in [0.15, 0.2) is 36.4 Å². The Morgan fingerprint density at radius 1 is 0.667 bits per heavy atom. The van der Waals surface area contributed by atoms with E-state index in [0.29, 0.717) is 5.69 Å². The van der Waals surface area contributed by atoms with Crippen LogP contribution in [0, 0.1) is 0 Å².